The zero-order valence-electron chi connectivity index (χ0n) is 22.1. The first-order valence-electron chi connectivity index (χ1n) is 12.8. The topological polar surface area (TPSA) is 211 Å². The molecule has 4 amide bonds. The third kappa shape index (κ3) is 7.44. The summed E-state index contributed by atoms with van der Waals surface area (Å²) in [4.78, 5) is 75.0. The van der Waals surface area contributed by atoms with E-state index in [9.17, 15) is 28.8 Å². The summed E-state index contributed by atoms with van der Waals surface area (Å²) < 4.78 is 1.18. The van der Waals surface area contributed by atoms with Gasteiger partial charge in [0.05, 0.1) is 0 Å². The molecule has 8 N–H and O–H groups in total. The molecule has 4 atom stereocenters. The van der Waals surface area contributed by atoms with E-state index in [4.69, 9.17) is 11.6 Å². The van der Waals surface area contributed by atoms with Gasteiger partial charge in [-0.05, 0) is 49.7 Å². The Balaban J connectivity index is 1.70. The lowest BCUT2D eigenvalue weighted by Gasteiger charge is -2.23. The minimum Gasteiger partial charge on any atom is -0.403 e. The fourth-order valence-corrected chi connectivity index (χ4v) is 5.19. The van der Waals surface area contributed by atoms with Crippen LogP contribution in [0.3, 0.4) is 0 Å². The summed E-state index contributed by atoms with van der Waals surface area (Å²) in [7, 11) is 2.66. The number of aromatic nitrogens is 1. The van der Waals surface area contributed by atoms with Crippen LogP contribution in [0.5, 0.6) is 0 Å². The second-order valence-electron chi connectivity index (χ2n) is 9.92. The Morgan fingerprint density at radius 1 is 1.18 bits per heavy atom. The van der Waals surface area contributed by atoms with E-state index in [1.54, 1.807) is 0 Å². The lowest BCUT2D eigenvalue weighted by atomic mass is 9.95. The van der Waals surface area contributed by atoms with Crippen molar-refractivity contribution in [3.05, 3.63) is 40.6 Å². The Morgan fingerprint density at radius 2 is 1.92 bits per heavy atom. The summed E-state index contributed by atoms with van der Waals surface area (Å²) in [5, 5.41) is 11.0. The van der Waals surface area contributed by atoms with E-state index in [0.29, 0.717) is 11.8 Å². The van der Waals surface area contributed by atoms with Crippen LogP contribution in [-0.4, -0.2) is 65.2 Å². The Kier molecular flexibility index (Phi) is 9.82. The number of nitrogens with zero attached hydrogens (tertiary/aromatic N) is 2. The van der Waals surface area contributed by atoms with Gasteiger partial charge < -0.3 is 36.6 Å². The maximum Gasteiger partial charge on any atom is 0.287 e. The maximum atomic E-state index is 13.1. The SMILES string of the molecule is CNC(=O)C(=O)CCC(NC(=O)/C(=C/N)N(C)N)C(=O)Nc1cccn(CC(=O)NC2CC3CCC2C3)c1=O. The van der Waals surface area contributed by atoms with Gasteiger partial charge in [0, 0.05) is 39.0 Å². The van der Waals surface area contributed by atoms with Crippen LogP contribution in [-0.2, 0) is 30.5 Å². The lowest BCUT2D eigenvalue weighted by molar-refractivity contribution is -0.137. The van der Waals surface area contributed by atoms with Gasteiger partial charge in [-0.2, -0.15) is 0 Å². The Bertz CT molecular complexity index is 1210. The molecule has 2 aliphatic rings. The molecule has 1 aromatic heterocycles. The normalized spacial score (nSPS) is 20.6. The molecule has 3 rings (SSSR count). The van der Waals surface area contributed by atoms with Gasteiger partial charge in [0.25, 0.3) is 17.4 Å². The molecule has 1 aromatic rings. The second kappa shape index (κ2) is 13.0. The first-order chi connectivity index (χ1) is 18.5. The highest BCUT2D eigenvalue weighted by atomic mass is 16.2. The molecule has 14 heteroatoms. The van der Waals surface area contributed by atoms with Gasteiger partial charge in [-0.3, -0.25) is 28.8 Å². The smallest absolute Gasteiger partial charge is 0.287 e. The molecule has 0 radical (unpaired) electrons. The molecule has 2 bridgehead atoms. The highest BCUT2D eigenvalue weighted by Gasteiger charge is 2.40. The molecule has 39 heavy (non-hydrogen) atoms. The zero-order chi connectivity index (χ0) is 28.7. The van der Waals surface area contributed by atoms with Crippen molar-refractivity contribution in [1.82, 2.24) is 25.5 Å². The third-order valence-electron chi connectivity index (χ3n) is 7.21. The van der Waals surface area contributed by atoms with Crippen molar-refractivity contribution in [2.45, 2.75) is 57.2 Å². The summed E-state index contributed by atoms with van der Waals surface area (Å²) in [6.45, 7) is -0.218. The number of hydrazine groups is 1. The first-order valence-corrected chi connectivity index (χ1v) is 12.8. The largest absolute Gasteiger partial charge is 0.403 e. The van der Waals surface area contributed by atoms with E-state index in [1.807, 2.05) is 0 Å². The van der Waals surface area contributed by atoms with Gasteiger partial charge >= 0.3 is 0 Å². The van der Waals surface area contributed by atoms with Crippen molar-refractivity contribution < 1.29 is 24.0 Å². The van der Waals surface area contributed by atoms with Gasteiger partial charge in [0.15, 0.2) is 0 Å². The van der Waals surface area contributed by atoms with Crippen molar-refractivity contribution in [3.63, 3.8) is 0 Å². The number of Topliss-reactive ketones (excluding diaryl/α,β-unsaturated/α-hetero) is 1. The average molecular weight is 545 g/mol. The molecular weight excluding hydrogens is 508 g/mol. The van der Waals surface area contributed by atoms with E-state index in [0.717, 1.165) is 30.5 Å². The van der Waals surface area contributed by atoms with E-state index in [-0.39, 0.29) is 42.7 Å². The number of carbonyl (C=O) groups excluding carboxylic acids is 5. The lowest BCUT2D eigenvalue weighted by Crippen LogP contribution is -2.48. The molecule has 1 heterocycles. The number of hydrogen-bond acceptors (Lipinski definition) is 9. The number of likely N-dealkylation sites (N-methyl/N-ethyl adjacent to an activating group) is 2. The van der Waals surface area contributed by atoms with Crippen LogP contribution in [0.4, 0.5) is 5.69 Å². The van der Waals surface area contributed by atoms with Crippen LogP contribution in [0.15, 0.2) is 35.0 Å². The number of nitrogens with one attached hydrogen (secondary N) is 4. The average Bonchev–Trinajstić information content (AvgIpc) is 3.51. The van der Waals surface area contributed by atoms with Gasteiger partial charge in [-0.1, -0.05) is 6.42 Å². The number of fused-ring (bicyclic) bond motifs is 2. The predicted molar refractivity (Wildman–Crippen MR) is 141 cm³/mol. The standard InChI is InChI=1S/C25H36N8O6/c1-28-24(38)20(34)8-7-16(30-23(37)19(12-26)32(2)27)22(36)31-17-4-3-9-33(25(17)39)13-21(35)29-18-11-14-5-6-15(18)10-14/h3-4,9,12,14-16,18H,5-8,10-11,13,26-27H2,1-2H3,(H,28,38)(H,29,35)(H,30,37)(H,31,36)/b19-12-. The van der Waals surface area contributed by atoms with Crippen molar-refractivity contribution >= 4 is 35.1 Å². The molecule has 2 saturated carbocycles. The van der Waals surface area contributed by atoms with Crippen molar-refractivity contribution in [1.29, 1.82) is 0 Å². The molecule has 14 nitrogen and oxygen atoms in total. The van der Waals surface area contributed by atoms with Crippen LogP contribution in [0.1, 0.15) is 38.5 Å². The third-order valence-corrected chi connectivity index (χ3v) is 7.21. The molecule has 0 aliphatic heterocycles. The number of pyridine rings is 1. The fraction of sp³-hybridized carbons (Fsp3) is 0.520. The van der Waals surface area contributed by atoms with Crippen molar-refractivity contribution in [2.24, 2.45) is 23.4 Å². The van der Waals surface area contributed by atoms with E-state index in [1.165, 1.54) is 43.4 Å². The fourth-order valence-electron chi connectivity index (χ4n) is 5.19. The molecule has 4 unspecified atom stereocenters. The predicted octanol–water partition coefficient (Wildman–Crippen LogP) is -1.72. The van der Waals surface area contributed by atoms with Gasteiger partial charge in [0.1, 0.15) is 24.0 Å². The van der Waals surface area contributed by atoms with Gasteiger partial charge in [0.2, 0.25) is 17.6 Å². The van der Waals surface area contributed by atoms with Gasteiger partial charge in [-0.25, -0.2) is 5.84 Å². The number of hydrogen-bond donors (Lipinski definition) is 6. The van der Waals surface area contributed by atoms with Crippen molar-refractivity contribution in [2.75, 3.05) is 19.4 Å². The number of nitrogens with two attached hydrogens (primary N) is 2. The molecule has 2 aliphatic carbocycles. The van der Waals surface area contributed by atoms with Crippen LogP contribution < -0.4 is 38.4 Å². The molecule has 0 aromatic carbocycles. The van der Waals surface area contributed by atoms with Crippen LogP contribution >= 0.6 is 0 Å². The van der Waals surface area contributed by atoms with E-state index >= 15 is 0 Å². The number of anilines is 1. The van der Waals surface area contributed by atoms with E-state index in [2.05, 4.69) is 21.3 Å². The highest BCUT2D eigenvalue weighted by Crippen LogP contribution is 2.44. The van der Waals surface area contributed by atoms with E-state index < -0.39 is 35.1 Å². The van der Waals surface area contributed by atoms with Crippen LogP contribution in [0.25, 0.3) is 0 Å². The Hall–Kier alpha value is -4.20. The summed E-state index contributed by atoms with van der Waals surface area (Å²) >= 11 is 0. The number of rotatable bonds is 12. The molecule has 2 fully saturated rings. The Labute approximate surface area is 225 Å². The summed E-state index contributed by atoms with van der Waals surface area (Å²) in [6.07, 6.45) is 6.16. The quantitative estimate of drug-likeness (QED) is 0.0763. The molecule has 0 saturated heterocycles. The number of amides is 4. The first kappa shape index (κ1) is 29.4. The summed E-state index contributed by atoms with van der Waals surface area (Å²) in [5.41, 5.74) is 4.54. The van der Waals surface area contributed by atoms with Crippen LogP contribution in [0.2, 0.25) is 0 Å². The minimum atomic E-state index is -1.32. The monoisotopic (exact) mass is 544 g/mol. The minimum absolute atomic E-state index is 0.122. The molecular formula is C25H36N8O6. The summed E-state index contributed by atoms with van der Waals surface area (Å²) in [5.74, 6) is 3.18. The van der Waals surface area contributed by atoms with Crippen LogP contribution in [0, 0.1) is 11.8 Å². The number of ketones is 1. The molecule has 212 valence electrons. The zero-order valence-corrected chi connectivity index (χ0v) is 22.1. The maximum absolute atomic E-state index is 13.1. The highest BCUT2D eigenvalue weighted by molar-refractivity contribution is 6.36. The number of carbonyl (C=O) groups is 5. The summed E-state index contributed by atoms with van der Waals surface area (Å²) in [6, 6.07) is 1.66. The van der Waals surface area contributed by atoms with Crippen molar-refractivity contribution in [3.8, 4) is 0 Å². The Morgan fingerprint density at radius 3 is 2.51 bits per heavy atom. The van der Waals surface area contributed by atoms with Gasteiger partial charge in [-0.15, -0.1) is 0 Å². The molecule has 0 spiro atoms. The second-order valence-corrected chi connectivity index (χ2v) is 9.92.